The zero-order valence-electron chi connectivity index (χ0n) is 16.1. The Morgan fingerprint density at radius 1 is 1.04 bits per heavy atom. The van der Waals surface area contributed by atoms with E-state index in [1.807, 2.05) is 12.1 Å². The van der Waals surface area contributed by atoms with Gasteiger partial charge in [0.1, 0.15) is 5.82 Å². The minimum absolute atomic E-state index is 0.350. The Morgan fingerprint density at radius 3 is 2.32 bits per heavy atom. The highest BCUT2D eigenvalue weighted by Crippen LogP contribution is 2.22. The van der Waals surface area contributed by atoms with Gasteiger partial charge in [-0.05, 0) is 48.2 Å². The van der Waals surface area contributed by atoms with Crippen LogP contribution in [0.2, 0.25) is 5.02 Å². The SMILES string of the molecule is CCCCc1ccc(S(=O)(=O)N2CCN(Cc3ccc(F)cc3Cl)CC2)cc1. The normalized spacial score (nSPS) is 16.4. The molecule has 1 saturated heterocycles. The first kappa shape index (κ1) is 21.2. The lowest BCUT2D eigenvalue weighted by molar-refractivity contribution is 0.181. The first-order chi connectivity index (χ1) is 13.4. The molecule has 7 heteroatoms. The van der Waals surface area contributed by atoms with Crippen LogP contribution >= 0.6 is 11.6 Å². The second-order valence-corrected chi connectivity index (χ2v) is 9.51. The molecular weight excluding hydrogens is 399 g/mol. The molecule has 3 rings (SSSR count). The van der Waals surface area contributed by atoms with E-state index < -0.39 is 10.0 Å². The number of aryl methyl sites for hydroxylation is 1. The molecule has 1 fully saturated rings. The van der Waals surface area contributed by atoms with Gasteiger partial charge >= 0.3 is 0 Å². The van der Waals surface area contributed by atoms with Gasteiger partial charge in [0.05, 0.1) is 4.90 Å². The van der Waals surface area contributed by atoms with Gasteiger partial charge in [0, 0.05) is 37.7 Å². The summed E-state index contributed by atoms with van der Waals surface area (Å²) in [6, 6.07) is 11.6. The minimum Gasteiger partial charge on any atom is -0.296 e. The standard InChI is InChI=1S/C21H26ClFN2O2S/c1-2-3-4-17-5-9-20(10-6-17)28(26,27)25-13-11-24(12-14-25)16-18-7-8-19(23)15-21(18)22/h5-10,15H,2-4,11-14,16H2,1H3. The molecule has 0 spiro atoms. The molecule has 0 atom stereocenters. The van der Waals surface area contributed by atoms with Crippen LogP contribution in [0.15, 0.2) is 47.4 Å². The molecule has 2 aromatic carbocycles. The number of hydrogen-bond donors (Lipinski definition) is 0. The van der Waals surface area contributed by atoms with Gasteiger partial charge in [0.2, 0.25) is 10.0 Å². The Bertz CT molecular complexity index is 895. The van der Waals surface area contributed by atoms with Crippen molar-refractivity contribution in [2.45, 2.75) is 37.6 Å². The number of sulfonamides is 1. The van der Waals surface area contributed by atoms with E-state index in [0.29, 0.717) is 42.6 Å². The van der Waals surface area contributed by atoms with Gasteiger partial charge in [-0.2, -0.15) is 4.31 Å². The summed E-state index contributed by atoms with van der Waals surface area (Å²) in [4.78, 5) is 2.49. The van der Waals surface area contributed by atoms with Gasteiger partial charge < -0.3 is 0 Å². The van der Waals surface area contributed by atoms with Crippen LogP contribution in [0, 0.1) is 5.82 Å². The Kier molecular flexibility index (Phi) is 7.10. The van der Waals surface area contributed by atoms with Crippen LogP contribution in [-0.4, -0.2) is 43.8 Å². The number of halogens is 2. The monoisotopic (exact) mass is 424 g/mol. The van der Waals surface area contributed by atoms with Gasteiger partial charge in [-0.15, -0.1) is 0 Å². The molecular formula is C21H26ClFN2O2S. The molecule has 0 saturated carbocycles. The van der Waals surface area contributed by atoms with Crippen LogP contribution in [0.4, 0.5) is 4.39 Å². The van der Waals surface area contributed by atoms with E-state index in [1.54, 1.807) is 18.2 Å². The van der Waals surface area contributed by atoms with E-state index in [2.05, 4.69) is 11.8 Å². The molecule has 4 nitrogen and oxygen atoms in total. The van der Waals surface area contributed by atoms with Crippen LogP contribution in [-0.2, 0) is 23.0 Å². The maximum atomic E-state index is 13.2. The van der Waals surface area contributed by atoms with Gasteiger partial charge in [-0.25, -0.2) is 12.8 Å². The van der Waals surface area contributed by atoms with E-state index in [1.165, 1.54) is 22.0 Å². The molecule has 1 aliphatic rings. The van der Waals surface area contributed by atoms with Crippen LogP contribution in [0.3, 0.4) is 0 Å². The Morgan fingerprint density at radius 2 is 1.71 bits per heavy atom. The molecule has 0 aromatic heterocycles. The molecule has 0 unspecified atom stereocenters. The second-order valence-electron chi connectivity index (χ2n) is 7.16. The lowest BCUT2D eigenvalue weighted by Crippen LogP contribution is -2.48. The predicted molar refractivity (Wildman–Crippen MR) is 110 cm³/mol. The van der Waals surface area contributed by atoms with E-state index >= 15 is 0 Å². The van der Waals surface area contributed by atoms with Crippen LogP contribution in [0.5, 0.6) is 0 Å². The second kappa shape index (κ2) is 9.35. The molecule has 0 amide bonds. The number of piperazine rings is 1. The molecule has 0 N–H and O–H groups in total. The summed E-state index contributed by atoms with van der Waals surface area (Å²) in [5.41, 5.74) is 2.02. The first-order valence-electron chi connectivity index (χ1n) is 9.65. The van der Waals surface area contributed by atoms with Crippen molar-refractivity contribution >= 4 is 21.6 Å². The fraction of sp³-hybridized carbons (Fsp3) is 0.429. The van der Waals surface area contributed by atoms with E-state index in [9.17, 15) is 12.8 Å². The summed E-state index contributed by atoms with van der Waals surface area (Å²) < 4.78 is 40.6. The van der Waals surface area contributed by atoms with Crippen molar-refractivity contribution in [1.82, 2.24) is 9.21 Å². The third-order valence-electron chi connectivity index (χ3n) is 5.12. The summed E-state index contributed by atoms with van der Waals surface area (Å²) in [5.74, 6) is -0.356. The summed E-state index contributed by atoms with van der Waals surface area (Å²) in [5, 5.41) is 0.401. The number of hydrogen-bond acceptors (Lipinski definition) is 3. The van der Waals surface area contributed by atoms with Crippen molar-refractivity contribution < 1.29 is 12.8 Å². The van der Waals surface area contributed by atoms with Crippen LogP contribution in [0.1, 0.15) is 30.9 Å². The zero-order chi connectivity index (χ0) is 20.1. The smallest absolute Gasteiger partial charge is 0.243 e. The molecule has 1 aliphatic heterocycles. The maximum Gasteiger partial charge on any atom is 0.243 e. The van der Waals surface area contributed by atoms with Crippen molar-refractivity contribution in [3.63, 3.8) is 0 Å². The molecule has 1 heterocycles. The first-order valence-corrected chi connectivity index (χ1v) is 11.5. The van der Waals surface area contributed by atoms with Crippen molar-refractivity contribution in [3.8, 4) is 0 Å². The van der Waals surface area contributed by atoms with Gasteiger partial charge in [-0.1, -0.05) is 43.1 Å². The molecule has 28 heavy (non-hydrogen) atoms. The lowest BCUT2D eigenvalue weighted by Gasteiger charge is -2.34. The number of benzene rings is 2. The average Bonchev–Trinajstić information content (AvgIpc) is 2.69. The average molecular weight is 425 g/mol. The van der Waals surface area contributed by atoms with Gasteiger partial charge in [0.25, 0.3) is 0 Å². The number of rotatable bonds is 7. The Hall–Kier alpha value is -1.47. The van der Waals surface area contributed by atoms with Crippen LogP contribution < -0.4 is 0 Å². The van der Waals surface area contributed by atoms with Crippen LogP contribution in [0.25, 0.3) is 0 Å². The van der Waals surface area contributed by atoms with Gasteiger partial charge in [0.15, 0.2) is 0 Å². The quantitative estimate of drug-likeness (QED) is 0.664. The minimum atomic E-state index is -3.48. The molecule has 0 bridgehead atoms. The van der Waals surface area contributed by atoms with Gasteiger partial charge in [-0.3, -0.25) is 4.90 Å². The largest absolute Gasteiger partial charge is 0.296 e. The van der Waals surface area contributed by atoms with E-state index in [0.717, 1.165) is 24.8 Å². The van der Waals surface area contributed by atoms with Crippen molar-refractivity contribution in [1.29, 1.82) is 0 Å². The van der Waals surface area contributed by atoms with E-state index in [4.69, 9.17) is 11.6 Å². The summed E-state index contributed by atoms with van der Waals surface area (Å²) >= 11 is 6.10. The Balaban J connectivity index is 1.60. The fourth-order valence-corrected chi connectivity index (χ4v) is 5.03. The highest BCUT2D eigenvalue weighted by atomic mass is 35.5. The highest BCUT2D eigenvalue weighted by molar-refractivity contribution is 7.89. The van der Waals surface area contributed by atoms with E-state index in [-0.39, 0.29) is 5.82 Å². The maximum absolute atomic E-state index is 13.2. The molecule has 0 aliphatic carbocycles. The number of unbranched alkanes of at least 4 members (excludes halogenated alkanes) is 1. The lowest BCUT2D eigenvalue weighted by atomic mass is 10.1. The molecule has 2 aromatic rings. The van der Waals surface area contributed by atoms with Crippen molar-refractivity contribution in [2.24, 2.45) is 0 Å². The topological polar surface area (TPSA) is 40.6 Å². The third-order valence-corrected chi connectivity index (χ3v) is 7.39. The Labute approximate surface area is 172 Å². The summed E-state index contributed by atoms with van der Waals surface area (Å²) in [6.07, 6.45) is 3.20. The number of nitrogens with zero attached hydrogens (tertiary/aromatic N) is 2. The molecule has 152 valence electrons. The van der Waals surface area contributed by atoms with Crippen molar-refractivity contribution in [3.05, 3.63) is 64.4 Å². The highest BCUT2D eigenvalue weighted by Gasteiger charge is 2.28. The van der Waals surface area contributed by atoms with Crippen molar-refractivity contribution in [2.75, 3.05) is 26.2 Å². The predicted octanol–water partition coefficient (Wildman–Crippen LogP) is 4.33. The molecule has 0 radical (unpaired) electrons. The zero-order valence-corrected chi connectivity index (χ0v) is 17.6. The summed E-state index contributed by atoms with van der Waals surface area (Å²) in [7, 11) is -3.48. The third kappa shape index (κ3) is 5.11. The fourth-order valence-electron chi connectivity index (χ4n) is 3.38. The summed E-state index contributed by atoms with van der Waals surface area (Å²) in [6.45, 7) is 4.81.